The van der Waals surface area contributed by atoms with Crippen molar-refractivity contribution >= 4 is 11.9 Å². The van der Waals surface area contributed by atoms with Gasteiger partial charge in [-0.05, 0) is 36.8 Å². The summed E-state index contributed by atoms with van der Waals surface area (Å²) >= 11 is 0. The molecule has 0 saturated carbocycles. The zero-order valence-corrected chi connectivity index (χ0v) is 16.4. The van der Waals surface area contributed by atoms with Crippen LogP contribution in [0, 0.1) is 0 Å². The van der Waals surface area contributed by atoms with Gasteiger partial charge in [-0.15, -0.1) is 0 Å². The molecule has 2 rings (SSSR count). The summed E-state index contributed by atoms with van der Waals surface area (Å²) in [6.45, 7) is 1.64. The first-order valence-electron chi connectivity index (χ1n) is 8.79. The van der Waals surface area contributed by atoms with Crippen molar-refractivity contribution in [3.05, 3.63) is 54.1 Å². The molecule has 1 N–H and O–H groups in total. The molecule has 150 valence electrons. The summed E-state index contributed by atoms with van der Waals surface area (Å²) < 4.78 is 21.0. The number of carbonyl (C=O) groups excluding carboxylic acids is 2. The maximum Gasteiger partial charge on any atom is 0.307 e. The molecule has 0 aliphatic heterocycles. The average molecular weight is 387 g/mol. The Kier molecular flexibility index (Phi) is 7.68. The van der Waals surface area contributed by atoms with Gasteiger partial charge in [-0.2, -0.15) is 0 Å². The van der Waals surface area contributed by atoms with Crippen LogP contribution in [0.2, 0.25) is 0 Å². The van der Waals surface area contributed by atoms with Crippen LogP contribution in [0.25, 0.3) is 0 Å². The molecular formula is C21H25NO6. The first-order chi connectivity index (χ1) is 13.5. The summed E-state index contributed by atoms with van der Waals surface area (Å²) in [6, 6.07) is 13.6. The number of esters is 1. The highest BCUT2D eigenvalue weighted by atomic mass is 16.5. The highest BCUT2D eigenvalue weighted by Gasteiger charge is 2.24. The molecule has 0 spiro atoms. The Labute approximate surface area is 164 Å². The van der Waals surface area contributed by atoms with Crippen LogP contribution < -0.4 is 19.5 Å². The van der Waals surface area contributed by atoms with Crippen LogP contribution in [0.4, 0.5) is 0 Å². The summed E-state index contributed by atoms with van der Waals surface area (Å²) in [6.07, 6.45) is -0.779. The highest BCUT2D eigenvalue weighted by Crippen LogP contribution is 2.31. The van der Waals surface area contributed by atoms with Crippen LogP contribution in [0.15, 0.2) is 48.5 Å². The van der Waals surface area contributed by atoms with Crippen LogP contribution in [0.3, 0.4) is 0 Å². The minimum Gasteiger partial charge on any atom is -0.493 e. The van der Waals surface area contributed by atoms with E-state index in [1.165, 1.54) is 21.3 Å². The molecular weight excluding hydrogens is 362 g/mol. The summed E-state index contributed by atoms with van der Waals surface area (Å²) in [4.78, 5) is 24.5. The molecule has 2 unspecified atom stereocenters. The largest absolute Gasteiger partial charge is 0.493 e. The number of carbonyl (C=O) groups is 2. The molecule has 0 bridgehead atoms. The number of ether oxygens (including phenoxy) is 4. The standard InChI is InChI=1S/C21H25NO6/c1-14(28-16-8-6-5-7-9-16)21(24)22-17(13-20(23)27-4)15-10-11-18(25-2)19(12-15)26-3/h5-12,14,17H,13H2,1-4H3,(H,22,24). The number of nitrogens with one attached hydrogen (secondary N) is 1. The third kappa shape index (κ3) is 5.64. The molecule has 0 radical (unpaired) electrons. The van der Waals surface area contributed by atoms with Gasteiger partial charge in [0.1, 0.15) is 5.75 Å². The summed E-state index contributed by atoms with van der Waals surface area (Å²) in [5.41, 5.74) is 0.684. The van der Waals surface area contributed by atoms with Crippen LogP contribution >= 0.6 is 0 Å². The number of methoxy groups -OCH3 is 3. The van der Waals surface area contributed by atoms with E-state index in [-0.39, 0.29) is 12.3 Å². The van der Waals surface area contributed by atoms with Crippen LogP contribution in [-0.2, 0) is 14.3 Å². The van der Waals surface area contributed by atoms with Crippen molar-refractivity contribution in [1.29, 1.82) is 0 Å². The van der Waals surface area contributed by atoms with Crippen molar-refractivity contribution in [2.75, 3.05) is 21.3 Å². The van der Waals surface area contributed by atoms with Crippen LogP contribution in [-0.4, -0.2) is 39.3 Å². The van der Waals surface area contributed by atoms with Gasteiger partial charge in [0.25, 0.3) is 5.91 Å². The average Bonchev–Trinajstić information content (AvgIpc) is 2.73. The van der Waals surface area contributed by atoms with Crippen LogP contribution in [0.5, 0.6) is 17.2 Å². The van der Waals surface area contributed by atoms with Crippen molar-refractivity contribution in [2.45, 2.75) is 25.5 Å². The lowest BCUT2D eigenvalue weighted by Crippen LogP contribution is -2.39. The van der Waals surface area contributed by atoms with Crippen molar-refractivity contribution in [3.63, 3.8) is 0 Å². The van der Waals surface area contributed by atoms with E-state index in [4.69, 9.17) is 18.9 Å². The second kappa shape index (κ2) is 10.2. The minimum atomic E-state index is -0.748. The maximum atomic E-state index is 12.6. The Balaban J connectivity index is 2.18. The summed E-state index contributed by atoms with van der Waals surface area (Å²) in [5.74, 6) is 0.831. The van der Waals surface area contributed by atoms with E-state index in [9.17, 15) is 9.59 Å². The van der Waals surface area contributed by atoms with Crippen LogP contribution in [0.1, 0.15) is 24.9 Å². The summed E-state index contributed by atoms with van der Waals surface area (Å²) in [7, 11) is 4.36. The van der Waals surface area contributed by atoms with Crippen molar-refractivity contribution in [3.8, 4) is 17.2 Å². The number of para-hydroxylation sites is 1. The summed E-state index contributed by atoms with van der Waals surface area (Å²) in [5, 5.41) is 2.85. The predicted octanol–water partition coefficient (Wildman–Crippen LogP) is 2.89. The second-order valence-electron chi connectivity index (χ2n) is 6.03. The molecule has 0 heterocycles. The topological polar surface area (TPSA) is 83.1 Å². The third-order valence-corrected chi connectivity index (χ3v) is 4.15. The number of amides is 1. The molecule has 1 amide bonds. The SMILES string of the molecule is COC(=O)CC(NC(=O)C(C)Oc1ccccc1)c1ccc(OC)c(OC)c1. The monoisotopic (exact) mass is 387 g/mol. The Bertz CT molecular complexity index is 793. The maximum absolute atomic E-state index is 12.6. The lowest BCUT2D eigenvalue weighted by atomic mass is 10.0. The molecule has 0 saturated heterocycles. The molecule has 28 heavy (non-hydrogen) atoms. The van der Waals surface area contributed by atoms with Gasteiger partial charge >= 0.3 is 5.97 Å². The fourth-order valence-corrected chi connectivity index (χ4v) is 2.62. The number of benzene rings is 2. The predicted molar refractivity (Wildman–Crippen MR) is 104 cm³/mol. The zero-order chi connectivity index (χ0) is 20.5. The van der Waals surface area contributed by atoms with Crippen molar-refractivity contribution in [2.24, 2.45) is 0 Å². The lowest BCUT2D eigenvalue weighted by molar-refractivity contribution is -0.141. The van der Waals surface area contributed by atoms with Gasteiger partial charge in [-0.25, -0.2) is 0 Å². The highest BCUT2D eigenvalue weighted by molar-refractivity contribution is 5.82. The zero-order valence-electron chi connectivity index (χ0n) is 16.4. The van der Waals surface area contributed by atoms with Gasteiger partial charge in [0, 0.05) is 0 Å². The van der Waals surface area contributed by atoms with E-state index in [0.29, 0.717) is 22.8 Å². The Morgan fingerprint density at radius 3 is 2.25 bits per heavy atom. The normalized spacial score (nSPS) is 12.4. The van der Waals surface area contributed by atoms with E-state index >= 15 is 0 Å². The van der Waals surface area contributed by atoms with E-state index in [0.717, 1.165) is 0 Å². The van der Waals surface area contributed by atoms with Crippen molar-refractivity contribution in [1.82, 2.24) is 5.32 Å². The molecule has 2 atom stereocenters. The second-order valence-corrected chi connectivity index (χ2v) is 6.03. The molecule has 7 heteroatoms. The molecule has 2 aromatic rings. The number of hydrogen-bond acceptors (Lipinski definition) is 6. The van der Waals surface area contributed by atoms with E-state index in [1.807, 2.05) is 18.2 Å². The van der Waals surface area contributed by atoms with Crippen molar-refractivity contribution < 1.29 is 28.5 Å². The quantitative estimate of drug-likeness (QED) is 0.666. The lowest BCUT2D eigenvalue weighted by Gasteiger charge is -2.22. The van der Waals surface area contributed by atoms with Gasteiger partial charge < -0.3 is 24.3 Å². The van der Waals surface area contributed by atoms with Gasteiger partial charge in [-0.1, -0.05) is 24.3 Å². The smallest absolute Gasteiger partial charge is 0.307 e. The first kappa shape index (κ1) is 21.1. The first-order valence-corrected chi connectivity index (χ1v) is 8.79. The molecule has 0 fully saturated rings. The fourth-order valence-electron chi connectivity index (χ4n) is 2.62. The fraction of sp³-hybridized carbons (Fsp3) is 0.333. The van der Waals surface area contributed by atoms with Gasteiger partial charge in [0.15, 0.2) is 17.6 Å². The molecule has 0 aliphatic rings. The van der Waals surface area contributed by atoms with Gasteiger partial charge in [0.2, 0.25) is 0 Å². The van der Waals surface area contributed by atoms with E-state index in [1.54, 1.807) is 37.3 Å². The molecule has 7 nitrogen and oxygen atoms in total. The van der Waals surface area contributed by atoms with Gasteiger partial charge in [-0.3, -0.25) is 9.59 Å². The molecule has 0 aromatic heterocycles. The minimum absolute atomic E-state index is 0.0320. The number of hydrogen-bond donors (Lipinski definition) is 1. The third-order valence-electron chi connectivity index (χ3n) is 4.15. The molecule has 0 aliphatic carbocycles. The van der Waals surface area contributed by atoms with E-state index < -0.39 is 18.1 Å². The number of rotatable bonds is 9. The molecule has 2 aromatic carbocycles. The van der Waals surface area contributed by atoms with Gasteiger partial charge in [0.05, 0.1) is 33.8 Å². The Hall–Kier alpha value is -3.22. The Morgan fingerprint density at radius 2 is 1.64 bits per heavy atom. The van der Waals surface area contributed by atoms with E-state index in [2.05, 4.69) is 5.32 Å². The Morgan fingerprint density at radius 1 is 0.964 bits per heavy atom.